The highest BCUT2D eigenvalue weighted by atomic mass is 19.4. The van der Waals surface area contributed by atoms with E-state index >= 15 is 0 Å². The van der Waals surface area contributed by atoms with Crippen molar-refractivity contribution in [1.29, 1.82) is 0 Å². The molecule has 0 unspecified atom stereocenters. The van der Waals surface area contributed by atoms with Crippen LogP contribution in [0.2, 0.25) is 0 Å². The van der Waals surface area contributed by atoms with Gasteiger partial charge in [-0.2, -0.15) is 13.2 Å². The number of amides is 2. The van der Waals surface area contributed by atoms with Gasteiger partial charge < -0.3 is 25.6 Å². The summed E-state index contributed by atoms with van der Waals surface area (Å²) in [5, 5.41) is 12.0. The van der Waals surface area contributed by atoms with Crippen LogP contribution in [0, 0.1) is 5.82 Å². The van der Waals surface area contributed by atoms with Crippen LogP contribution in [0.25, 0.3) is 22.4 Å². The zero-order valence-electron chi connectivity index (χ0n) is 24.8. The van der Waals surface area contributed by atoms with E-state index in [0.717, 1.165) is 18.2 Å². The van der Waals surface area contributed by atoms with Gasteiger partial charge in [0.05, 0.1) is 24.8 Å². The number of aromatic nitrogens is 3. The minimum Gasteiger partial charge on any atom is -0.491 e. The molecule has 0 aliphatic heterocycles. The Morgan fingerprint density at radius 1 is 1.02 bits per heavy atom. The van der Waals surface area contributed by atoms with E-state index in [1.165, 1.54) is 56.0 Å². The van der Waals surface area contributed by atoms with E-state index in [-0.39, 0.29) is 41.3 Å². The van der Waals surface area contributed by atoms with Crippen molar-refractivity contribution in [2.75, 3.05) is 19.8 Å². The molecule has 0 saturated heterocycles. The number of rotatable bonds is 13. The minimum absolute atomic E-state index is 0.0187. The molecule has 0 spiro atoms. The van der Waals surface area contributed by atoms with Crippen LogP contribution in [0.3, 0.4) is 0 Å². The number of alkyl halides is 3. The van der Waals surface area contributed by atoms with E-state index in [9.17, 15) is 32.3 Å². The van der Waals surface area contributed by atoms with Gasteiger partial charge in [0, 0.05) is 46.8 Å². The number of nitrogens with one attached hydrogen (secondary N) is 1. The maximum atomic E-state index is 14.6. The summed E-state index contributed by atoms with van der Waals surface area (Å²) in [6.07, 6.45) is -1.88. The van der Waals surface area contributed by atoms with Crippen molar-refractivity contribution in [3.05, 3.63) is 89.9 Å². The lowest BCUT2D eigenvalue weighted by atomic mass is 9.97. The fraction of sp³-hybridized carbons (Fsp3) is 0.281. The normalized spacial score (nSPS) is 12.7. The molecule has 2 amide bonds. The van der Waals surface area contributed by atoms with E-state index in [4.69, 9.17) is 15.2 Å². The molecule has 46 heavy (non-hydrogen) atoms. The molecule has 14 heteroatoms. The lowest BCUT2D eigenvalue weighted by molar-refractivity contribution is -0.149. The van der Waals surface area contributed by atoms with Gasteiger partial charge in [-0.05, 0) is 62.4 Å². The fourth-order valence-corrected chi connectivity index (χ4v) is 4.57. The smallest absolute Gasteiger partial charge is 0.398 e. The van der Waals surface area contributed by atoms with Crippen molar-refractivity contribution in [3.8, 4) is 33.9 Å². The highest BCUT2D eigenvalue weighted by Gasteiger charge is 2.42. The summed E-state index contributed by atoms with van der Waals surface area (Å²) in [4.78, 5) is 37.3. The summed E-state index contributed by atoms with van der Waals surface area (Å²) < 4.78 is 68.7. The quantitative estimate of drug-likeness (QED) is 0.179. The van der Waals surface area contributed by atoms with E-state index in [0.29, 0.717) is 16.9 Å². The summed E-state index contributed by atoms with van der Waals surface area (Å²) in [5.41, 5.74) is 6.03. The predicted molar refractivity (Wildman–Crippen MR) is 159 cm³/mol. The van der Waals surface area contributed by atoms with Crippen molar-refractivity contribution in [1.82, 2.24) is 20.3 Å². The van der Waals surface area contributed by atoms with Crippen molar-refractivity contribution in [2.24, 2.45) is 5.73 Å². The van der Waals surface area contributed by atoms with Gasteiger partial charge in [-0.3, -0.25) is 9.59 Å². The molecule has 2 aromatic heterocycles. The second-order valence-electron chi connectivity index (χ2n) is 10.3. The zero-order chi connectivity index (χ0) is 33.4. The first-order valence-corrected chi connectivity index (χ1v) is 14.1. The molecular weight excluding hydrogens is 610 g/mol. The molecule has 10 nitrogen and oxygen atoms in total. The number of halogens is 4. The fourth-order valence-electron chi connectivity index (χ4n) is 4.57. The number of pyridine rings is 1. The van der Waals surface area contributed by atoms with Gasteiger partial charge in [-0.15, -0.1) is 0 Å². The number of primary amides is 1. The van der Waals surface area contributed by atoms with Crippen LogP contribution in [-0.4, -0.2) is 63.9 Å². The Morgan fingerprint density at radius 3 is 2.33 bits per heavy atom. The van der Waals surface area contributed by atoms with Gasteiger partial charge in [0.25, 0.3) is 5.91 Å². The molecule has 2 heterocycles. The van der Waals surface area contributed by atoms with Crippen LogP contribution < -0.4 is 20.5 Å². The molecule has 0 radical (unpaired) electrons. The van der Waals surface area contributed by atoms with Gasteiger partial charge in [0.1, 0.15) is 41.9 Å². The Kier molecular flexibility index (Phi) is 10.9. The van der Waals surface area contributed by atoms with Crippen molar-refractivity contribution in [3.63, 3.8) is 0 Å². The summed E-state index contributed by atoms with van der Waals surface area (Å²) >= 11 is 0. The Morgan fingerprint density at radius 2 is 1.72 bits per heavy atom. The van der Waals surface area contributed by atoms with Crippen molar-refractivity contribution >= 4 is 11.8 Å². The second-order valence-corrected chi connectivity index (χ2v) is 10.3. The number of hydrogen-bond acceptors (Lipinski definition) is 8. The van der Waals surface area contributed by atoms with Crippen LogP contribution >= 0.6 is 0 Å². The molecule has 242 valence electrons. The lowest BCUT2D eigenvalue weighted by Gasteiger charge is -2.23. The van der Waals surface area contributed by atoms with Crippen LogP contribution in [-0.2, 0) is 11.2 Å². The van der Waals surface area contributed by atoms with Gasteiger partial charge in [-0.25, -0.2) is 19.3 Å². The number of aliphatic hydroxyl groups is 1. The first-order chi connectivity index (χ1) is 21.9. The third kappa shape index (κ3) is 8.53. The molecule has 2 aromatic carbocycles. The molecule has 4 rings (SSSR count). The zero-order valence-corrected chi connectivity index (χ0v) is 24.8. The Balaban J connectivity index is 1.71. The molecule has 0 fully saturated rings. The van der Waals surface area contributed by atoms with Crippen LogP contribution in [0.4, 0.5) is 17.6 Å². The first-order valence-electron chi connectivity index (χ1n) is 14.1. The number of carbonyl (C=O) groups excluding carboxylic acids is 2. The van der Waals surface area contributed by atoms with Crippen LogP contribution in [0.1, 0.15) is 41.4 Å². The monoisotopic (exact) mass is 641 g/mol. The van der Waals surface area contributed by atoms with E-state index < -0.39 is 54.5 Å². The van der Waals surface area contributed by atoms with Gasteiger partial charge in [-0.1, -0.05) is 0 Å². The Hall–Kier alpha value is -5.11. The standard InChI is InChI=1S/C32H31F4N5O5/c1-3-45-30-21(12-28(37)43)11-26(41-29(30)19-4-7-23(33)8-5-19)25(32(34,35)36)15-40-31(44)20-6-9-27(46-16-18(2)42)24(10-20)22-13-38-17-39-14-22/h4-11,13-14,17-18,25,42H,3,12,15-16H2,1-2H3,(H2,37,43)(H,40,44)/t18-,25-/m1/s1. The van der Waals surface area contributed by atoms with Crippen LogP contribution in [0.15, 0.2) is 67.3 Å². The molecule has 0 aliphatic carbocycles. The molecule has 2 atom stereocenters. The maximum Gasteiger partial charge on any atom is 0.398 e. The Labute approximate surface area is 261 Å². The molecule has 4 aromatic rings. The number of nitrogens with two attached hydrogens (primary N) is 1. The second kappa shape index (κ2) is 14.8. The first kappa shape index (κ1) is 33.8. The number of ether oxygens (including phenoxy) is 2. The van der Waals surface area contributed by atoms with Gasteiger partial charge in [0.2, 0.25) is 5.91 Å². The van der Waals surface area contributed by atoms with E-state index in [1.807, 2.05) is 0 Å². The summed E-state index contributed by atoms with van der Waals surface area (Å²) in [6.45, 7) is 2.31. The Bertz CT molecular complexity index is 1670. The third-order valence-corrected chi connectivity index (χ3v) is 6.65. The molecule has 4 N–H and O–H groups in total. The lowest BCUT2D eigenvalue weighted by Crippen LogP contribution is -2.35. The highest BCUT2D eigenvalue weighted by molar-refractivity contribution is 5.96. The largest absolute Gasteiger partial charge is 0.491 e. The van der Waals surface area contributed by atoms with Crippen molar-refractivity contribution in [2.45, 2.75) is 38.5 Å². The van der Waals surface area contributed by atoms with Gasteiger partial charge in [0.15, 0.2) is 0 Å². The molecule has 0 aliphatic rings. The van der Waals surface area contributed by atoms with Crippen LogP contribution in [0.5, 0.6) is 11.5 Å². The summed E-state index contributed by atoms with van der Waals surface area (Å²) in [5.74, 6) is -4.19. The number of hydrogen-bond donors (Lipinski definition) is 3. The number of aliphatic hydroxyl groups excluding tert-OH is 1. The average Bonchev–Trinajstić information content (AvgIpc) is 3.01. The van der Waals surface area contributed by atoms with E-state index in [1.54, 1.807) is 6.92 Å². The third-order valence-electron chi connectivity index (χ3n) is 6.65. The SMILES string of the molecule is CCOc1c(CC(N)=O)cc([C@@H](CNC(=O)c2ccc(OC[C@@H](C)O)c(-c3cncnc3)c2)C(F)(F)F)nc1-c1ccc(F)cc1. The van der Waals surface area contributed by atoms with Gasteiger partial charge >= 0.3 is 6.18 Å². The molecule has 0 bridgehead atoms. The number of nitrogens with zero attached hydrogens (tertiary/aromatic N) is 3. The molecular formula is C32H31F4N5O5. The van der Waals surface area contributed by atoms with E-state index in [2.05, 4.69) is 20.3 Å². The number of carbonyl (C=O) groups is 2. The summed E-state index contributed by atoms with van der Waals surface area (Å²) in [6, 6.07) is 10.2. The number of benzene rings is 2. The molecule has 0 saturated carbocycles. The summed E-state index contributed by atoms with van der Waals surface area (Å²) in [7, 11) is 0. The highest BCUT2D eigenvalue weighted by Crippen LogP contribution is 2.39. The minimum atomic E-state index is -4.89. The topological polar surface area (TPSA) is 150 Å². The maximum absolute atomic E-state index is 14.6. The average molecular weight is 642 g/mol. The predicted octanol–water partition coefficient (Wildman–Crippen LogP) is 4.61. The van der Waals surface area contributed by atoms with Crippen molar-refractivity contribution < 1.29 is 41.7 Å².